The van der Waals surface area contributed by atoms with Gasteiger partial charge in [-0.2, -0.15) is 0 Å². The molecule has 2 heteroatoms. The molecule has 0 bridgehead atoms. The molecule has 0 aliphatic carbocycles. The molecule has 76 valence electrons. The predicted octanol–water partition coefficient (Wildman–Crippen LogP) is 2.63. The molecule has 2 aromatic rings. The minimum Gasteiger partial charge on any atom is -0.469 e. The number of benzene rings is 1. The van der Waals surface area contributed by atoms with Gasteiger partial charge in [-0.1, -0.05) is 30.3 Å². The zero-order chi connectivity index (χ0) is 10.5. The second-order valence-electron chi connectivity index (χ2n) is 3.46. The molecule has 0 aliphatic rings. The highest BCUT2D eigenvalue weighted by molar-refractivity contribution is 5.82. The number of Topliss-reactive ketones (excluding diaryl/α,β-unsaturated/α-hetero) is 1. The molecule has 0 spiro atoms. The average Bonchev–Trinajstić information content (AvgIpc) is 2.71. The van der Waals surface area contributed by atoms with E-state index in [4.69, 9.17) is 4.42 Å². The van der Waals surface area contributed by atoms with Crippen LogP contribution in [0.5, 0.6) is 0 Å². The summed E-state index contributed by atoms with van der Waals surface area (Å²) in [7, 11) is 0. The molecular formula is C13H12O2. The fourth-order valence-corrected chi connectivity index (χ4v) is 1.49. The maximum Gasteiger partial charge on any atom is 0.144 e. The van der Waals surface area contributed by atoms with Crippen molar-refractivity contribution in [2.24, 2.45) is 0 Å². The average molecular weight is 200 g/mol. The van der Waals surface area contributed by atoms with Crippen LogP contribution in [0.3, 0.4) is 0 Å². The van der Waals surface area contributed by atoms with Crippen molar-refractivity contribution in [3.63, 3.8) is 0 Å². The van der Waals surface area contributed by atoms with Crippen molar-refractivity contribution in [2.75, 3.05) is 0 Å². The third-order valence-corrected chi connectivity index (χ3v) is 2.20. The Morgan fingerprint density at radius 1 is 1.00 bits per heavy atom. The van der Waals surface area contributed by atoms with Crippen molar-refractivity contribution in [1.82, 2.24) is 0 Å². The Labute approximate surface area is 88.5 Å². The standard InChI is InChI=1S/C13H12O2/c14-12(10-13-7-4-8-15-13)9-11-5-2-1-3-6-11/h1-8H,9-10H2. The fourth-order valence-electron chi connectivity index (χ4n) is 1.49. The number of carbonyl (C=O) groups excluding carboxylic acids is 1. The molecule has 0 amide bonds. The second-order valence-corrected chi connectivity index (χ2v) is 3.46. The molecule has 0 saturated carbocycles. The van der Waals surface area contributed by atoms with E-state index in [1.807, 2.05) is 36.4 Å². The van der Waals surface area contributed by atoms with Gasteiger partial charge in [0.05, 0.1) is 12.7 Å². The Kier molecular flexibility index (Phi) is 2.98. The molecule has 2 nitrogen and oxygen atoms in total. The van der Waals surface area contributed by atoms with Crippen molar-refractivity contribution >= 4 is 5.78 Å². The van der Waals surface area contributed by atoms with E-state index in [2.05, 4.69) is 0 Å². The van der Waals surface area contributed by atoms with Gasteiger partial charge >= 0.3 is 0 Å². The van der Waals surface area contributed by atoms with Gasteiger partial charge in [0.15, 0.2) is 0 Å². The number of ketones is 1. The fraction of sp³-hybridized carbons (Fsp3) is 0.154. The summed E-state index contributed by atoms with van der Waals surface area (Å²) in [6.07, 6.45) is 2.44. The van der Waals surface area contributed by atoms with Gasteiger partial charge in [-0.3, -0.25) is 4.79 Å². The van der Waals surface area contributed by atoms with Crippen LogP contribution in [0, 0.1) is 0 Å². The van der Waals surface area contributed by atoms with Gasteiger partial charge in [0.25, 0.3) is 0 Å². The first-order chi connectivity index (χ1) is 7.34. The summed E-state index contributed by atoms with van der Waals surface area (Å²) in [5, 5.41) is 0. The van der Waals surface area contributed by atoms with Crippen molar-refractivity contribution in [2.45, 2.75) is 12.8 Å². The van der Waals surface area contributed by atoms with Crippen molar-refractivity contribution < 1.29 is 9.21 Å². The van der Waals surface area contributed by atoms with E-state index in [0.29, 0.717) is 12.8 Å². The Morgan fingerprint density at radius 3 is 2.47 bits per heavy atom. The summed E-state index contributed by atoms with van der Waals surface area (Å²) < 4.78 is 5.12. The SMILES string of the molecule is O=C(Cc1ccccc1)Cc1ccco1. The van der Waals surface area contributed by atoms with E-state index in [1.165, 1.54) is 0 Å². The van der Waals surface area contributed by atoms with Gasteiger partial charge in [0.2, 0.25) is 0 Å². The smallest absolute Gasteiger partial charge is 0.144 e. The van der Waals surface area contributed by atoms with Crippen LogP contribution in [0.25, 0.3) is 0 Å². The molecule has 1 heterocycles. The minimum atomic E-state index is 0.177. The molecule has 1 aromatic carbocycles. The first kappa shape index (κ1) is 9.71. The van der Waals surface area contributed by atoms with Crippen LogP contribution in [-0.2, 0) is 17.6 Å². The summed E-state index contributed by atoms with van der Waals surface area (Å²) >= 11 is 0. The first-order valence-corrected chi connectivity index (χ1v) is 4.92. The molecule has 0 aliphatic heterocycles. The largest absolute Gasteiger partial charge is 0.469 e. The van der Waals surface area contributed by atoms with Gasteiger partial charge in [0, 0.05) is 6.42 Å². The van der Waals surface area contributed by atoms with E-state index in [1.54, 1.807) is 12.3 Å². The van der Waals surface area contributed by atoms with Crippen molar-refractivity contribution in [3.8, 4) is 0 Å². The van der Waals surface area contributed by atoms with Crippen LogP contribution in [0.1, 0.15) is 11.3 Å². The molecule has 0 saturated heterocycles. The van der Waals surface area contributed by atoms with Gasteiger partial charge in [-0.15, -0.1) is 0 Å². The quantitative estimate of drug-likeness (QED) is 0.759. The Morgan fingerprint density at radius 2 is 1.80 bits per heavy atom. The van der Waals surface area contributed by atoms with Gasteiger partial charge in [0.1, 0.15) is 11.5 Å². The molecule has 1 aromatic heterocycles. The normalized spacial score (nSPS) is 10.1. The van der Waals surface area contributed by atoms with Crippen molar-refractivity contribution in [3.05, 3.63) is 60.1 Å². The Bertz CT molecular complexity index is 415. The highest BCUT2D eigenvalue weighted by Crippen LogP contribution is 2.05. The zero-order valence-electron chi connectivity index (χ0n) is 8.35. The maximum atomic E-state index is 11.6. The first-order valence-electron chi connectivity index (χ1n) is 4.92. The molecular weight excluding hydrogens is 188 g/mol. The number of rotatable bonds is 4. The topological polar surface area (TPSA) is 30.2 Å². The summed E-state index contributed by atoms with van der Waals surface area (Å²) in [4.78, 5) is 11.6. The monoisotopic (exact) mass is 200 g/mol. The van der Waals surface area contributed by atoms with Crippen LogP contribution in [-0.4, -0.2) is 5.78 Å². The van der Waals surface area contributed by atoms with Crippen LogP contribution >= 0.6 is 0 Å². The van der Waals surface area contributed by atoms with Crippen LogP contribution < -0.4 is 0 Å². The predicted molar refractivity (Wildman–Crippen MR) is 57.6 cm³/mol. The summed E-state index contributed by atoms with van der Waals surface area (Å²) in [6, 6.07) is 13.4. The highest BCUT2D eigenvalue weighted by Gasteiger charge is 2.06. The third kappa shape index (κ3) is 2.81. The van der Waals surface area contributed by atoms with E-state index in [0.717, 1.165) is 11.3 Å². The lowest BCUT2D eigenvalue weighted by atomic mass is 10.1. The van der Waals surface area contributed by atoms with Crippen molar-refractivity contribution in [1.29, 1.82) is 0 Å². The molecule has 0 unspecified atom stereocenters. The summed E-state index contributed by atoms with van der Waals surface area (Å²) in [5.74, 6) is 0.909. The zero-order valence-corrected chi connectivity index (χ0v) is 8.35. The van der Waals surface area contributed by atoms with E-state index in [9.17, 15) is 4.79 Å². The Hall–Kier alpha value is -1.83. The van der Waals surface area contributed by atoms with E-state index in [-0.39, 0.29) is 5.78 Å². The Balaban J connectivity index is 1.94. The summed E-state index contributed by atoms with van der Waals surface area (Å²) in [5.41, 5.74) is 1.05. The van der Waals surface area contributed by atoms with Gasteiger partial charge in [-0.25, -0.2) is 0 Å². The molecule has 0 N–H and O–H groups in total. The van der Waals surface area contributed by atoms with Crippen LogP contribution in [0.4, 0.5) is 0 Å². The molecule has 0 fully saturated rings. The van der Waals surface area contributed by atoms with Gasteiger partial charge < -0.3 is 4.42 Å². The lowest BCUT2D eigenvalue weighted by molar-refractivity contribution is -0.118. The highest BCUT2D eigenvalue weighted by atomic mass is 16.3. The molecule has 2 rings (SSSR count). The number of carbonyl (C=O) groups is 1. The lowest BCUT2D eigenvalue weighted by Gasteiger charge is -1.98. The number of furan rings is 1. The number of hydrogen-bond acceptors (Lipinski definition) is 2. The second kappa shape index (κ2) is 4.60. The van der Waals surface area contributed by atoms with Gasteiger partial charge in [-0.05, 0) is 17.7 Å². The molecule has 0 atom stereocenters. The summed E-state index contributed by atoms with van der Waals surface area (Å²) in [6.45, 7) is 0. The third-order valence-electron chi connectivity index (χ3n) is 2.20. The molecule has 15 heavy (non-hydrogen) atoms. The van der Waals surface area contributed by atoms with Crippen LogP contribution in [0.2, 0.25) is 0 Å². The van der Waals surface area contributed by atoms with Crippen LogP contribution in [0.15, 0.2) is 53.1 Å². The molecule has 0 radical (unpaired) electrons. The lowest BCUT2D eigenvalue weighted by Crippen LogP contribution is -2.05. The number of hydrogen-bond donors (Lipinski definition) is 0. The maximum absolute atomic E-state index is 11.6. The van der Waals surface area contributed by atoms with E-state index >= 15 is 0 Å². The minimum absolute atomic E-state index is 0.177. The van der Waals surface area contributed by atoms with E-state index < -0.39 is 0 Å².